The van der Waals surface area contributed by atoms with Gasteiger partial charge < -0.3 is 9.84 Å². The summed E-state index contributed by atoms with van der Waals surface area (Å²) in [7, 11) is 0. The van der Waals surface area contributed by atoms with Crippen LogP contribution in [-0.4, -0.2) is 16.0 Å². The maximum atomic E-state index is 12.5. The van der Waals surface area contributed by atoms with Crippen molar-refractivity contribution < 1.29 is 9.32 Å². The first-order valence-corrected chi connectivity index (χ1v) is 8.39. The Hall–Kier alpha value is -2.95. The molecule has 0 spiro atoms. The van der Waals surface area contributed by atoms with Gasteiger partial charge in [-0.25, -0.2) is 0 Å². The highest BCUT2D eigenvalue weighted by atomic mass is 16.5. The molecule has 0 aliphatic rings. The van der Waals surface area contributed by atoms with E-state index >= 15 is 0 Å². The molecule has 2 aromatic carbocycles. The summed E-state index contributed by atoms with van der Waals surface area (Å²) >= 11 is 0. The zero-order valence-corrected chi connectivity index (χ0v) is 14.4. The number of amides is 1. The van der Waals surface area contributed by atoms with E-state index in [0.29, 0.717) is 11.7 Å². The van der Waals surface area contributed by atoms with Crippen LogP contribution in [-0.2, 0) is 11.3 Å². The van der Waals surface area contributed by atoms with E-state index in [1.165, 1.54) is 5.56 Å². The molecule has 0 radical (unpaired) electrons. The highest BCUT2D eigenvalue weighted by Gasteiger charge is 2.19. The first-order valence-electron chi connectivity index (χ1n) is 8.39. The molecule has 0 saturated carbocycles. The Labute approximate surface area is 147 Å². The third kappa shape index (κ3) is 4.12. The number of carbonyl (C=O) groups is 1. The van der Waals surface area contributed by atoms with Gasteiger partial charge >= 0.3 is 0 Å². The van der Waals surface area contributed by atoms with Crippen LogP contribution >= 0.6 is 0 Å². The minimum absolute atomic E-state index is 0.0382. The fraction of sp³-hybridized carbons (Fsp3) is 0.250. The Morgan fingerprint density at radius 3 is 2.52 bits per heavy atom. The van der Waals surface area contributed by atoms with Gasteiger partial charge in [-0.05, 0) is 18.9 Å². The van der Waals surface area contributed by atoms with Gasteiger partial charge in [-0.3, -0.25) is 4.79 Å². The normalized spacial score (nSPS) is 11.9. The maximum Gasteiger partial charge on any atom is 0.246 e. The summed E-state index contributed by atoms with van der Waals surface area (Å²) < 4.78 is 5.24. The van der Waals surface area contributed by atoms with Crippen LogP contribution in [0.4, 0.5) is 0 Å². The lowest BCUT2D eigenvalue weighted by Gasteiger charge is -2.14. The number of carbonyl (C=O) groups excluding carboxylic acids is 1. The summed E-state index contributed by atoms with van der Waals surface area (Å²) in [5.74, 6) is 0.704. The second kappa shape index (κ2) is 7.75. The fourth-order valence-corrected chi connectivity index (χ4v) is 2.69. The van der Waals surface area contributed by atoms with E-state index in [9.17, 15) is 4.79 Å². The van der Waals surface area contributed by atoms with Crippen molar-refractivity contribution in [2.75, 3.05) is 0 Å². The summed E-state index contributed by atoms with van der Waals surface area (Å²) in [5.41, 5.74) is 3.07. The minimum atomic E-state index is -0.180. The molecule has 5 nitrogen and oxygen atoms in total. The van der Waals surface area contributed by atoms with Crippen molar-refractivity contribution in [2.45, 2.75) is 32.7 Å². The van der Waals surface area contributed by atoms with E-state index in [0.717, 1.165) is 17.5 Å². The van der Waals surface area contributed by atoms with Gasteiger partial charge in [-0.2, -0.15) is 4.98 Å². The Kier molecular flexibility index (Phi) is 5.23. The molecule has 1 atom stereocenters. The number of aryl methyl sites for hydroxylation is 1. The van der Waals surface area contributed by atoms with Crippen LogP contribution in [0.2, 0.25) is 0 Å². The molecule has 25 heavy (non-hydrogen) atoms. The van der Waals surface area contributed by atoms with Crippen molar-refractivity contribution in [1.82, 2.24) is 15.5 Å². The van der Waals surface area contributed by atoms with E-state index in [2.05, 4.69) is 15.5 Å². The summed E-state index contributed by atoms with van der Waals surface area (Å²) in [6.07, 6.45) is 0.730. The SMILES string of the molecule is CC[C@@H](C(=O)NCc1nc(-c2ccc(C)cc2)no1)c1ccccc1. The van der Waals surface area contributed by atoms with Gasteiger partial charge in [0.1, 0.15) is 0 Å². The molecule has 3 rings (SSSR count). The lowest BCUT2D eigenvalue weighted by molar-refractivity contribution is -0.122. The molecule has 0 aliphatic heterocycles. The van der Waals surface area contributed by atoms with Crippen molar-refractivity contribution in [3.63, 3.8) is 0 Å². The first-order chi connectivity index (χ1) is 12.2. The van der Waals surface area contributed by atoms with Crippen LogP contribution in [0, 0.1) is 6.92 Å². The molecular weight excluding hydrogens is 314 g/mol. The molecule has 0 aliphatic carbocycles. The molecule has 5 heteroatoms. The van der Waals surface area contributed by atoms with Gasteiger partial charge in [0.2, 0.25) is 17.6 Å². The average molecular weight is 335 g/mol. The van der Waals surface area contributed by atoms with E-state index in [4.69, 9.17) is 4.52 Å². The number of nitrogens with one attached hydrogen (secondary N) is 1. The Morgan fingerprint density at radius 2 is 1.84 bits per heavy atom. The van der Waals surface area contributed by atoms with Gasteiger partial charge in [0, 0.05) is 5.56 Å². The van der Waals surface area contributed by atoms with Crippen LogP contribution in [0.25, 0.3) is 11.4 Å². The fourth-order valence-electron chi connectivity index (χ4n) is 2.69. The van der Waals surface area contributed by atoms with Gasteiger partial charge in [-0.1, -0.05) is 72.2 Å². The molecule has 1 amide bonds. The number of hydrogen-bond donors (Lipinski definition) is 1. The van der Waals surface area contributed by atoms with Gasteiger partial charge in [0.15, 0.2) is 0 Å². The van der Waals surface area contributed by atoms with Crippen LogP contribution in [0.15, 0.2) is 59.1 Å². The van der Waals surface area contributed by atoms with Gasteiger partial charge in [0.25, 0.3) is 0 Å². The topological polar surface area (TPSA) is 68.0 Å². The third-order valence-corrected chi connectivity index (χ3v) is 4.12. The summed E-state index contributed by atoms with van der Waals surface area (Å²) in [5, 5.41) is 6.87. The first kappa shape index (κ1) is 16.9. The molecule has 0 saturated heterocycles. The van der Waals surface area contributed by atoms with E-state index in [1.54, 1.807) is 0 Å². The molecule has 0 bridgehead atoms. The van der Waals surface area contributed by atoms with Crippen molar-refractivity contribution in [3.8, 4) is 11.4 Å². The Balaban J connectivity index is 1.63. The summed E-state index contributed by atoms with van der Waals surface area (Å²) in [4.78, 5) is 16.8. The second-order valence-corrected chi connectivity index (χ2v) is 5.97. The van der Waals surface area contributed by atoms with Crippen molar-refractivity contribution in [3.05, 3.63) is 71.6 Å². The molecule has 1 aromatic heterocycles. The quantitative estimate of drug-likeness (QED) is 0.743. The van der Waals surface area contributed by atoms with Crippen LogP contribution in [0.3, 0.4) is 0 Å². The number of benzene rings is 2. The Bertz CT molecular complexity index is 826. The highest BCUT2D eigenvalue weighted by Crippen LogP contribution is 2.20. The largest absolute Gasteiger partial charge is 0.346 e. The average Bonchev–Trinajstić information content (AvgIpc) is 3.11. The molecule has 1 heterocycles. The van der Waals surface area contributed by atoms with Crippen LogP contribution in [0.5, 0.6) is 0 Å². The van der Waals surface area contributed by atoms with Gasteiger partial charge in [0.05, 0.1) is 12.5 Å². The standard InChI is InChI=1S/C20H21N3O2/c1-3-17(15-7-5-4-6-8-15)20(24)21-13-18-22-19(23-25-18)16-11-9-14(2)10-12-16/h4-12,17H,3,13H2,1-2H3,(H,21,24)/t17-/m1/s1. The number of rotatable bonds is 6. The summed E-state index contributed by atoms with van der Waals surface area (Å²) in [6, 6.07) is 17.7. The van der Waals surface area contributed by atoms with Crippen molar-refractivity contribution >= 4 is 5.91 Å². The molecule has 128 valence electrons. The monoisotopic (exact) mass is 335 g/mol. The Morgan fingerprint density at radius 1 is 1.12 bits per heavy atom. The zero-order valence-electron chi connectivity index (χ0n) is 14.4. The molecule has 1 N–H and O–H groups in total. The number of nitrogens with zero attached hydrogens (tertiary/aromatic N) is 2. The second-order valence-electron chi connectivity index (χ2n) is 5.97. The molecular formula is C20H21N3O2. The van der Waals surface area contributed by atoms with E-state index < -0.39 is 0 Å². The molecule has 0 fully saturated rings. The number of aromatic nitrogens is 2. The predicted molar refractivity (Wildman–Crippen MR) is 95.8 cm³/mol. The van der Waals surface area contributed by atoms with Crippen molar-refractivity contribution in [1.29, 1.82) is 0 Å². The molecule has 0 unspecified atom stereocenters. The van der Waals surface area contributed by atoms with Crippen LogP contribution < -0.4 is 5.32 Å². The summed E-state index contributed by atoms with van der Waals surface area (Å²) in [6.45, 7) is 4.25. The smallest absolute Gasteiger partial charge is 0.246 e. The van der Waals surface area contributed by atoms with E-state index in [1.807, 2.05) is 68.4 Å². The van der Waals surface area contributed by atoms with Crippen molar-refractivity contribution in [2.24, 2.45) is 0 Å². The third-order valence-electron chi connectivity index (χ3n) is 4.12. The minimum Gasteiger partial charge on any atom is -0.346 e. The zero-order chi connectivity index (χ0) is 17.6. The lowest BCUT2D eigenvalue weighted by Crippen LogP contribution is -2.28. The lowest BCUT2D eigenvalue weighted by atomic mass is 9.96. The van der Waals surface area contributed by atoms with Crippen LogP contribution in [0.1, 0.15) is 36.3 Å². The van der Waals surface area contributed by atoms with Gasteiger partial charge in [-0.15, -0.1) is 0 Å². The molecule has 3 aromatic rings. The van der Waals surface area contributed by atoms with E-state index in [-0.39, 0.29) is 18.4 Å². The predicted octanol–water partition coefficient (Wildman–Crippen LogP) is 3.86. The maximum absolute atomic E-state index is 12.5. The highest BCUT2D eigenvalue weighted by molar-refractivity contribution is 5.83. The number of hydrogen-bond acceptors (Lipinski definition) is 4.